The molecule has 0 bridgehead atoms. The van der Waals surface area contributed by atoms with Gasteiger partial charge in [-0.05, 0) is 27.7 Å². The molecule has 0 amide bonds. The molecule has 0 spiro atoms. The fourth-order valence-corrected chi connectivity index (χ4v) is 0.167. The maximum Gasteiger partial charge on any atom is 0.330 e. The van der Waals surface area contributed by atoms with E-state index in [-0.39, 0.29) is 47.4 Å². The van der Waals surface area contributed by atoms with Gasteiger partial charge in [0.25, 0.3) is 0 Å². The van der Waals surface area contributed by atoms with Gasteiger partial charge in [-0.25, -0.2) is 19.2 Å². The maximum atomic E-state index is 9.83. The second kappa shape index (κ2) is 22.2. The highest BCUT2D eigenvalue weighted by Gasteiger charge is 2.27. The van der Waals surface area contributed by atoms with Crippen LogP contribution in [0.2, 0.25) is 0 Å². The van der Waals surface area contributed by atoms with E-state index >= 15 is 0 Å². The standard InChI is InChI=1S/C5H4O4.4C4H6O2/c6-1-5(2-7,3-8)4-9;4*1-3(2)4(5)6/h1-4H;4*1H2,2H3,(H,5,6). The van der Waals surface area contributed by atoms with Crippen molar-refractivity contribution in [1.29, 1.82) is 0 Å². The second-order valence-corrected chi connectivity index (χ2v) is 5.81. The monoisotopic (exact) mass is 472 g/mol. The number of hydrogen-bond donors (Lipinski definition) is 4. The van der Waals surface area contributed by atoms with E-state index in [1.807, 2.05) is 0 Å². The molecule has 12 nitrogen and oxygen atoms in total. The molecule has 0 saturated carbocycles. The van der Waals surface area contributed by atoms with Gasteiger partial charge in [0.2, 0.25) is 0 Å². The summed E-state index contributed by atoms with van der Waals surface area (Å²) in [6.45, 7) is 18.4. The highest BCUT2D eigenvalue weighted by atomic mass is 16.4. The first-order valence-corrected chi connectivity index (χ1v) is 8.22. The van der Waals surface area contributed by atoms with E-state index in [0.29, 0.717) is 0 Å². The van der Waals surface area contributed by atoms with E-state index in [1.54, 1.807) is 0 Å². The molecule has 0 aromatic carbocycles. The molecule has 12 heteroatoms. The number of rotatable bonds is 8. The Morgan fingerprint density at radius 3 is 0.576 bits per heavy atom. The minimum Gasteiger partial charge on any atom is -0.478 e. The zero-order chi connectivity index (χ0) is 27.9. The van der Waals surface area contributed by atoms with Crippen LogP contribution in [-0.2, 0) is 38.4 Å². The van der Waals surface area contributed by atoms with Gasteiger partial charge in [-0.1, -0.05) is 26.3 Å². The van der Waals surface area contributed by atoms with Gasteiger partial charge in [0.1, 0.15) is 25.1 Å². The maximum absolute atomic E-state index is 9.83. The van der Waals surface area contributed by atoms with Crippen LogP contribution >= 0.6 is 0 Å². The molecule has 184 valence electrons. The SMILES string of the molecule is C=C(C)C(=O)O.C=C(C)C(=O)O.C=C(C)C(=O)O.C=C(C)C(=O)O.O=CC(C=O)(C=O)C=O. The molecule has 0 aliphatic heterocycles. The van der Waals surface area contributed by atoms with Crippen molar-refractivity contribution in [3.8, 4) is 0 Å². The summed E-state index contributed by atoms with van der Waals surface area (Å²) in [4.78, 5) is 77.7. The first-order chi connectivity index (χ1) is 14.8. The third-order valence-electron chi connectivity index (χ3n) is 2.28. The summed E-state index contributed by atoms with van der Waals surface area (Å²) in [7, 11) is 0. The lowest BCUT2D eigenvalue weighted by Gasteiger charge is -1.99. The molecule has 0 unspecified atom stereocenters. The molecular weight excluding hydrogens is 444 g/mol. The van der Waals surface area contributed by atoms with Crippen molar-refractivity contribution in [1.82, 2.24) is 0 Å². The van der Waals surface area contributed by atoms with Gasteiger partial charge in [0.05, 0.1) is 0 Å². The average molecular weight is 472 g/mol. The topological polar surface area (TPSA) is 217 Å². The zero-order valence-corrected chi connectivity index (χ0v) is 18.7. The Morgan fingerprint density at radius 2 is 0.576 bits per heavy atom. The molecule has 4 N–H and O–H groups in total. The summed E-state index contributed by atoms with van der Waals surface area (Å²) in [5.74, 6) is -3.74. The highest BCUT2D eigenvalue weighted by Crippen LogP contribution is 1.98. The van der Waals surface area contributed by atoms with Crippen molar-refractivity contribution in [2.75, 3.05) is 0 Å². The molecule has 0 atom stereocenters. The minimum atomic E-state index is -2.06. The molecule has 0 saturated heterocycles. The Labute approximate surface area is 190 Å². The number of carboxylic acids is 4. The summed E-state index contributed by atoms with van der Waals surface area (Å²) in [5, 5.41) is 31.6. The van der Waals surface area contributed by atoms with E-state index < -0.39 is 29.3 Å². The molecule has 0 aromatic rings. The summed E-state index contributed by atoms with van der Waals surface area (Å²) in [6.07, 6.45) is 0. The van der Waals surface area contributed by atoms with E-state index in [0.717, 1.165) is 0 Å². The van der Waals surface area contributed by atoms with Crippen molar-refractivity contribution < 1.29 is 58.8 Å². The third-order valence-corrected chi connectivity index (χ3v) is 2.28. The summed E-state index contributed by atoms with van der Waals surface area (Å²) >= 11 is 0. The van der Waals surface area contributed by atoms with Crippen molar-refractivity contribution in [3.63, 3.8) is 0 Å². The van der Waals surface area contributed by atoms with Gasteiger partial charge in [-0.2, -0.15) is 0 Å². The number of carbonyl (C=O) groups is 8. The lowest BCUT2D eigenvalue weighted by atomic mass is 9.97. The number of carboxylic acid groups (broad SMARTS) is 4. The number of carbonyl (C=O) groups excluding carboxylic acids is 4. The first kappa shape index (κ1) is 39.0. The molecule has 0 radical (unpaired) electrons. The van der Waals surface area contributed by atoms with Crippen molar-refractivity contribution in [2.24, 2.45) is 5.41 Å². The number of aldehydes is 4. The van der Waals surface area contributed by atoms with Crippen LogP contribution in [0, 0.1) is 5.41 Å². The molecule has 0 aliphatic carbocycles. The van der Waals surface area contributed by atoms with Crippen molar-refractivity contribution in [3.05, 3.63) is 48.6 Å². The normalized spacial score (nSPS) is 8.12. The Bertz CT molecular complexity index is 606. The van der Waals surface area contributed by atoms with Gasteiger partial charge >= 0.3 is 23.9 Å². The highest BCUT2D eigenvalue weighted by molar-refractivity contribution is 6.16. The Hall–Kier alpha value is -4.48. The summed E-state index contributed by atoms with van der Waals surface area (Å²) in [5.41, 5.74) is -1.35. The number of aliphatic carboxylic acids is 4. The zero-order valence-electron chi connectivity index (χ0n) is 18.7. The average Bonchev–Trinajstić information content (AvgIpc) is 2.71. The lowest BCUT2D eigenvalue weighted by Crippen LogP contribution is -2.27. The smallest absolute Gasteiger partial charge is 0.330 e. The third kappa shape index (κ3) is 32.4. The van der Waals surface area contributed by atoms with Crippen LogP contribution in [0.4, 0.5) is 0 Å². The second-order valence-electron chi connectivity index (χ2n) is 5.81. The molecule has 0 aliphatic rings. The quantitative estimate of drug-likeness (QED) is 0.223. The van der Waals surface area contributed by atoms with Crippen LogP contribution in [0.3, 0.4) is 0 Å². The van der Waals surface area contributed by atoms with Crippen LogP contribution in [0.1, 0.15) is 27.7 Å². The number of hydrogen-bond acceptors (Lipinski definition) is 8. The summed E-state index contributed by atoms with van der Waals surface area (Å²) in [6, 6.07) is 0. The van der Waals surface area contributed by atoms with Crippen LogP contribution in [-0.4, -0.2) is 69.4 Å². The van der Waals surface area contributed by atoms with Crippen LogP contribution in [0.5, 0.6) is 0 Å². The van der Waals surface area contributed by atoms with Crippen LogP contribution in [0.15, 0.2) is 48.6 Å². The molecule has 0 fully saturated rings. The summed E-state index contributed by atoms with van der Waals surface area (Å²) < 4.78 is 0. The largest absolute Gasteiger partial charge is 0.478 e. The van der Waals surface area contributed by atoms with Crippen molar-refractivity contribution in [2.45, 2.75) is 27.7 Å². The Morgan fingerprint density at radius 1 is 0.485 bits per heavy atom. The fraction of sp³-hybridized carbons (Fsp3) is 0.238. The first-order valence-electron chi connectivity index (χ1n) is 8.22. The minimum absolute atomic E-state index is 0. The lowest BCUT2D eigenvalue weighted by molar-refractivity contribution is -0.138. The van der Waals surface area contributed by atoms with Gasteiger partial charge in [0, 0.05) is 22.3 Å². The predicted octanol–water partition coefficient (Wildman–Crippen LogP) is 1.36. The van der Waals surface area contributed by atoms with Gasteiger partial charge < -0.3 is 39.6 Å². The Balaban J connectivity index is -0.000000100. The van der Waals surface area contributed by atoms with Gasteiger partial charge in [0.15, 0.2) is 5.41 Å². The van der Waals surface area contributed by atoms with Gasteiger partial charge in [-0.3, -0.25) is 0 Å². The van der Waals surface area contributed by atoms with E-state index in [4.69, 9.17) is 20.4 Å². The van der Waals surface area contributed by atoms with Crippen LogP contribution in [0.25, 0.3) is 0 Å². The van der Waals surface area contributed by atoms with E-state index in [1.165, 1.54) is 27.7 Å². The van der Waals surface area contributed by atoms with E-state index in [2.05, 4.69) is 26.3 Å². The van der Waals surface area contributed by atoms with E-state index in [9.17, 15) is 38.4 Å². The molecule has 0 aromatic heterocycles. The fourth-order valence-electron chi connectivity index (χ4n) is 0.167. The predicted molar refractivity (Wildman–Crippen MR) is 116 cm³/mol. The molecular formula is C21H28O12. The molecule has 33 heavy (non-hydrogen) atoms. The van der Waals surface area contributed by atoms with Gasteiger partial charge in [-0.15, -0.1) is 0 Å². The molecule has 0 rings (SSSR count). The molecule has 0 heterocycles. The van der Waals surface area contributed by atoms with Crippen molar-refractivity contribution >= 4 is 49.0 Å². The Kier molecular flexibility index (Phi) is 26.3. The van der Waals surface area contributed by atoms with Crippen LogP contribution < -0.4 is 0 Å².